The minimum atomic E-state index is -0.715. The molecule has 1 aliphatic carbocycles. The van der Waals surface area contributed by atoms with Crippen LogP contribution in [0.15, 0.2) is 28.2 Å². The molecular formula is C14H14ClN5O6S. The number of azide groups is 1. The predicted molar refractivity (Wildman–Crippen MR) is 96.8 cm³/mol. The summed E-state index contributed by atoms with van der Waals surface area (Å²) in [4.78, 5) is 34.9. The molecule has 0 spiro atoms. The van der Waals surface area contributed by atoms with Crippen molar-refractivity contribution in [2.24, 2.45) is 5.11 Å². The fourth-order valence-corrected chi connectivity index (χ4v) is 4.45. The van der Waals surface area contributed by atoms with Crippen LogP contribution in [0.5, 0.6) is 0 Å². The van der Waals surface area contributed by atoms with Crippen LogP contribution in [-0.4, -0.2) is 38.6 Å². The lowest BCUT2D eigenvalue weighted by atomic mass is 9.92. The number of hydrogen-bond donors (Lipinski definition) is 0. The van der Waals surface area contributed by atoms with Gasteiger partial charge in [-0.15, -0.1) is 23.4 Å². The first-order chi connectivity index (χ1) is 12.7. The highest BCUT2D eigenvalue weighted by atomic mass is 35.5. The molecule has 4 atom stereocenters. The molecule has 11 nitrogen and oxygen atoms in total. The molecule has 144 valence electrons. The first-order valence-electron chi connectivity index (χ1n) is 7.68. The Morgan fingerprint density at radius 1 is 1.37 bits per heavy atom. The normalized spacial score (nSPS) is 24.5. The van der Waals surface area contributed by atoms with Gasteiger partial charge in [-0.25, -0.2) is 0 Å². The van der Waals surface area contributed by atoms with Crippen molar-refractivity contribution in [1.82, 2.24) is 0 Å². The number of nitrogens with zero attached hydrogens (tertiary/aromatic N) is 5. The zero-order chi connectivity index (χ0) is 20.1. The number of hydrogen-bond acceptors (Lipinski definition) is 8. The first-order valence-corrected chi connectivity index (χ1v) is 8.99. The molecule has 0 bridgehead atoms. The third-order valence-electron chi connectivity index (χ3n) is 3.91. The molecule has 27 heavy (non-hydrogen) atoms. The monoisotopic (exact) mass is 415 g/mol. The van der Waals surface area contributed by atoms with E-state index in [9.17, 15) is 25.0 Å². The van der Waals surface area contributed by atoms with E-state index in [1.807, 2.05) is 0 Å². The van der Waals surface area contributed by atoms with Crippen molar-refractivity contribution in [1.29, 1.82) is 0 Å². The molecule has 1 aliphatic rings. The smallest absolute Gasteiger partial charge is 0.302 e. The van der Waals surface area contributed by atoms with Gasteiger partial charge in [0.1, 0.15) is 6.10 Å². The van der Waals surface area contributed by atoms with Gasteiger partial charge < -0.3 is 4.74 Å². The molecule has 1 aromatic carbocycles. The Balaban J connectivity index is 2.26. The van der Waals surface area contributed by atoms with Crippen LogP contribution in [0.1, 0.15) is 19.8 Å². The summed E-state index contributed by atoms with van der Waals surface area (Å²) in [5.74, 6) is -0.529. The number of non-ortho nitro benzene ring substituents is 1. The Hall–Kier alpha value is -2.56. The third kappa shape index (κ3) is 5.22. The van der Waals surface area contributed by atoms with Gasteiger partial charge in [0.25, 0.3) is 11.4 Å². The topological polar surface area (TPSA) is 161 Å². The van der Waals surface area contributed by atoms with Crippen LogP contribution in [0.2, 0.25) is 0 Å². The van der Waals surface area contributed by atoms with Crippen LogP contribution in [0, 0.1) is 20.2 Å². The Kier molecular flexibility index (Phi) is 6.83. The summed E-state index contributed by atoms with van der Waals surface area (Å²) in [6, 6.07) is 2.70. The number of nitro groups is 2. The van der Waals surface area contributed by atoms with E-state index in [0.717, 1.165) is 17.8 Å². The number of thioether (sulfide) groups is 1. The second-order valence-corrected chi connectivity index (χ2v) is 7.57. The molecule has 1 aromatic rings. The predicted octanol–water partition coefficient (Wildman–Crippen LogP) is 3.98. The fourth-order valence-electron chi connectivity index (χ4n) is 2.74. The van der Waals surface area contributed by atoms with Crippen molar-refractivity contribution in [2.45, 2.75) is 47.4 Å². The van der Waals surface area contributed by atoms with Crippen LogP contribution in [0.25, 0.3) is 10.4 Å². The first kappa shape index (κ1) is 20.7. The van der Waals surface area contributed by atoms with Crippen LogP contribution < -0.4 is 0 Å². The molecule has 0 unspecified atom stereocenters. The van der Waals surface area contributed by atoms with E-state index < -0.39 is 39.0 Å². The number of halogens is 1. The van der Waals surface area contributed by atoms with Gasteiger partial charge in [0, 0.05) is 34.9 Å². The maximum atomic E-state index is 11.3. The maximum absolute atomic E-state index is 11.3. The van der Waals surface area contributed by atoms with E-state index in [4.69, 9.17) is 21.9 Å². The van der Waals surface area contributed by atoms with E-state index in [0.29, 0.717) is 0 Å². The van der Waals surface area contributed by atoms with Gasteiger partial charge in [0.05, 0.1) is 26.9 Å². The van der Waals surface area contributed by atoms with Crippen molar-refractivity contribution in [3.05, 3.63) is 48.9 Å². The number of esters is 1. The maximum Gasteiger partial charge on any atom is 0.302 e. The molecular weight excluding hydrogens is 402 g/mol. The fraction of sp³-hybridized carbons (Fsp3) is 0.500. The standard InChI is InChI=1S/C14H14ClN5O6S/c1-7(21)26-12-5-9(15)14(6-10(12)17-18-16)27-13-3-2-8(19(22)23)4-11(13)20(24)25/h2-4,9-10,12,14H,5-6H2,1H3/t9-,10-,12-,14-/m0/s1. The number of rotatable bonds is 6. The molecule has 2 rings (SSSR count). The molecule has 0 radical (unpaired) electrons. The van der Waals surface area contributed by atoms with Gasteiger partial charge in [-0.05, 0) is 18.0 Å². The lowest BCUT2D eigenvalue weighted by Crippen LogP contribution is -2.42. The summed E-state index contributed by atoms with van der Waals surface area (Å²) in [5, 5.41) is 24.9. The molecule has 0 aliphatic heterocycles. The van der Waals surface area contributed by atoms with E-state index in [1.54, 1.807) is 0 Å². The molecule has 1 fully saturated rings. The van der Waals surface area contributed by atoms with Gasteiger partial charge in [0.2, 0.25) is 0 Å². The summed E-state index contributed by atoms with van der Waals surface area (Å²) >= 11 is 7.44. The zero-order valence-corrected chi connectivity index (χ0v) is 15.5. The van der Waals surface area contributed by atoms with Crippen molar-refractivity contribution in [2.75, 3.05) is 0 Å². The number of carbonyl (C=O) groups excluding carboxylic acids is 1. The van der Waals surface area contributed by atoms with Crippen molar-refractivity contribution in [3.63, 3.8) is 0 Å². The quantitative estimate of drug-likeness (QED) is 0.129. The van der Waals surface area contributed by atoms with Crippen LogP contribution in [0.4, 0.5) is 11.4 Å². The van der Waals surface area contributed by atoms with Gasteiger partial charge in [-0.2, -0.15) is 0 Å². The number of nitro benzene ring substituents is 2. The SMILES string of the molecule is CC(=O)O[C@H]1C[C@H](Cl)[C@@H](Sc2ccc([N+](=O)[O-])cc2[N+](=O)[O-])C[C@@H]1N=[N+]=[N-]. The highest BCUT2D eigenvalue weighted by Gasteiger charge is 2.39. The Morgan fingerprint density at radius 2 is 2.07 bits per heavy atom. The Bertz CT molecular complexity index is 817. The molecule has 13 heteroatoms. The molecule has 0 N–H and O–H groups in total. The lowest BCUT2D eigenvalue weighted by molar-refractivity contribution is -0.396. The minimum Gasteiger partial charge on any atom is -0.462 e. The van der Waals surface area contributed by atoms with Crippen molar-refractivity contribution < 1.29 is 19.4 Å². The van der Waals surface area contributed by atoms with Crippen molar-refractivity contribution in [3.8, 4) is 0 Å². The Labute approximate surface area is 161 Å². The van der Waals surface area contributed by atoms with Crippen LogP contribution in [-0.2, 0) is 9.53 Å². The van der Waals surface area contributed by atoms with E-state index in [-0.39, 0.29) is 28.7 Å². The molecule has 1 saturated carbocycles. The Morgan fingerprint density at radius 3 is 2.63 bits per heavy atom. The van der Waals surface area contributed by atoms with Gasteiger partial charge >= 0.3 is 5.97 Å². The molecule has 0 amide bonds. The summed E-state index contributed by atoms with van der Waals surface area (Å²) in [6.07, 6.45) is -0.234. The van der Waals surface area contributed by atoms with Gasteiger partial charge in [-0.3, -0.25) is 25.0 Å². The number of alkyl halides is 1. The van der Waals surface area contributed by atoms with Gasteiger partial charge in [-0.1, -0.05) is 5.11 Å². The summed E-state index contributed by atoms with van der Waals surface area (Å²) < 4.78 is 5.15. The van der Waals surface area contributed by atoms with Gasteiger partial charge in [0.15, 0.2) is 0 Å². The van der Waals surface area contributed by atoms with E-state index >= 15 is 0 Å². The van der Waals surface area contributed by atoms with E-state index in [2.05, 4.69) is 10.0 Å². The third-order valence-corrected chi connectivity index (χ3v) is 5.96. The number of carbonyl (C=O) groups is 1. The van der Waals surface area contributed by atoms with E-state index in [1.165, 1.54) is 19.1 Å². The average Bonchev–Trinajstić information content (AvgIpc) is 2.58. The second-order valence-electron chi connectivity index (χ2n) is 5.73. The zero-order valence-electron chi connectivity index (χ0n) is 13.9. The minimum absolute atomic E-state index is 0.212. The number of ether oxygens (including phenoxy) is 1. The summed E-state index contributed by atoms with van der Waals surface area (Å²) in [6.45, 7) is 1.23. The lowest BCUT2D eigenvalue weighted by Gasteiger charge is -2.35. The highest BCUT2D eigenvalue weighted by molar-refractivity contribution is 8.00. The molecule has 0 aromatic heterocycles. The van der Waals surface area contributed by atoms with Crippen LogP contribution >= 0.6 is 23.4 Å². The summed E-state index contributed by atoms with van der Waals surface area (Å²) in [5.41, 5.74) is 7.94. The molecule has 0 saturated heterocycles. The molecule has 0 heterocycles. The summed E-state index contributed by atoms with van der Waals surface area (Å²) in [7, 11) is 0. The van der Waals surface area contributed by atoms with Crippen LogP contribution in [0.3, 0.4) is 0 Å². The van der Waals surface area contributed by atoms with Crippen molar-refractivity contribution >= 4 is 40.7 Å². The largest absolute Gasteiger partial charge is 0.462 e. The number of benzene rings is 1. The second kappa shape index (κ2) is 8.89. The average molecular weight is 416 g/mol. The highest BCUT2D eigenvalue weighted by Crippen LogP contribution is 2.42.